The van der Waals surface area contributed by atoms with E-state index in [1.54, 1.807) is 0 Å². The summed E-state index contributed by atoms with van der Waals surface area (Å²) >= 11 is 0. The van der Waals surface area contributed by atoms with Crippen LogP contribution in [0.3, 0.4) is 0 Å². The molecule has 7 heteroatoms. The summed E-state index contributed by atoms with van der Waals surface area (Å²) in [5, 5.41) is 4.38. The molecule has 1 aromatic carbocycles. The molecule has 1 saturated heterocycles. The normalized spacial score (nSPS) is 19.5. The molecule has 1 atom stereocenters. The lowest BCUT2D eigenvalue weighted by Crippen LogP contribution is -2.23. The first-order valence-corrected chi connectivity index (χ1v) is 4.38. The van der Waals surface area contributed by atoms with Crippen LogP contribution in [0.4, 0.5) is 22.4 Å². The summed E-state index contributed by atoms with van der Waals surface area (Å²) in [6.45, 7) is -0.129. The molecular weight excluding hydrogens is 228 g/mol. The minimum absolute atomic E-state index is 0.123. The Morgan fingerprint density at radius 3 is 2.12 bits per heavy atom. The van der Waals surface area contributed by atoms with Gasteiger partial charge < -0.3 is 10.6 Å². The average Bonchev–Trinajstić information content (AvgIpc) is 2.62. The van der Waals surface area contributed by atoms with Gasteiger partial charge in [-0.3, -0.25) is 0 Å². The topological polar surface area (TPSA) is 41.1 Å². The number of rotatable bonds is 1. The van der Waals surface area contributed by atoms with Crippen LogP contribution in [0.1, 0.15) is 11.6 Å². The second kappa shape index (κ2) is 3.66. The third-order valence-corrected chi connectivity index (χ3v) is 2.27. The monoisotopic (exact) mass is 234 g/mol. The van der Waals surface area contributed by atoms with Crippen molar-refractivity contribution in [3.05, 3.63) is 34.9 Å². The van der Waals surface area contributed by atoms with Gasteiger partial charge in [0.05, 0.1) is 11.6 Å². The average molecular weight is 234 g/mol. The summed E-state index contributed by atoms with van der Waals surface area (Å²) in [5.41, 5.74) is -0.809. The molecule has 86 valence electrons. The Morgan fingerprint density at radius 1 is 1.12 bits per heavy atom. The molecule has 1 fully saturated rings. The van der Waals surface area contributed by atoms with Crippen molar-refractivity contribution in [2.24, 2.45) is 0 Å². The highest BCUT2D eigenvalue weighted by Crippen LogP contribution is 2.26. The molecule has 0 saturated carbocycles. The van der Waals surface area contributed by atoms with Crippen LogP contribution in [0.15, 0.2) is 6.07 Å². The maximum absolute atomic E-state index is 13.3. The highest BCUT2D eigenvalue weighted by molar-refractivity contribution is 5.76. The number of carbonyl (C=O) groups excluding carboxylic acids is 1. The number of benzene rings is 1. The van der Waals surface area contributed by atoms with E-state index < -0.39 is 40.9 Å². The maximum atomic E-state index is 13.3. The van der Waals surface area contributed by atoms with Crippen molar-refractivity contribution in [3.63, 3.8) is 0 Å². The second-order valence-electron chi connectivity index (χ2n) is 3.29. The van der Waals surface area contributed by atoms with Crippen molar-refractivity contribution in [2.45, 2.75) is 6.04 Å². The lowest BCUT2D eigenvalue weighted by atomic mass is 10.1. The molecule has 1 aliphatic heterocycles. The van der Waals surface area contributed by atoms with Crippen LogP contribution in [0, 0.1) is 23.3 Å². The van der Waals surface area contributed by atoms with E-state index in [2.05, 4.69) is 10.6 Å². The van der Waals surface area contributed by atoms with E-state index >= 15 is 0 Å². The first-order chi connectivity index (χ1) is 7.50. The maximum Gasteiger partial charge on any atom is 0.315 e. The Bertz CT molecular complexity index is 437. The Balaban J connectivity index is 2.51. The molecule has 1 heterocycles. The summed E-state index contributed by atoms with van der Waals surface area (Å²) < 4.78 is 52.2. The van der Waals surface area contributed by atoms with Crippen molar-refractivity contribution >= 4 is 6.03 Å². The molecule has 2 N–H and O–H groups in total. The van der Waals surface area contributed by atoms with Gasteiger partial charge in [-0.15, -0.1) is 0 Å². The molecule has 0 aliphatic carbocycles. The van der Waals surface area contributed by atoms with Gasteiger partial charge in [0.2, 0.25) is 0 Å². The van der Waals surface area contributed by atoms with Gasteiger partial charge in [-0.2, -0.15) is 0 Å². The molecule has 0 spiro atoms. The minimum Gasteiger partial charge on any atom is -0.336 e. The summed E-state index contributed by atoms with van der Waals surface area (Å²) in [6.07, 6.45) is 0. The SMILES string of the molecule is O=C1NC[C@H](c2c(F)c(F)cc(F)c2F)N1. The highest BCUT2D eigenvalue weighted by atomic mass is 19.2. The Hall–Kier alpha value is -1.79. The fourth-order valence-electron chi connectivity index (χ4n) is 1.53. The summed E-state index contributed by atoms with van der Waals surface area (Å²) in [6, 6.07) is -1.63. The standard InChI is InChI=1S/C9H6F4N2O/c10-3-1-4(11)8(13)6(7(3)12)5-2-14-9(16)15-5/h1,5H,2H2,(H2,14,15,16)/t5-/m1/s1. The predicted octanol–water partition coefficient (Wildman–Crippen LogP) is 1.60. The first-order valence-electron chi connectivity index (χ1n) is 4.38. The third kappa shape index (κ3) is 1.58. The lowest BCUT2D eigenvalue weighted by molar-refractivity contribution is 0.247. The molecule has 3 nitrogen and oxygen atoms in total. The number of urea groups is 1. The van der Waals surface area contributed by atoms with E-state index in [0.29, 0.717) is 0 Å². The molecule has 16 heavy (non-hydrogen) atoms. The molecule has 2 rings (SSSR count). The van der Waals surface area contributed by atoms with Crippen LogP contribution >= 0.6 is 0 Å². The van der Waals surface area contributed by atoms with E-state index in [9.17, 15) is 22.4 Å². The van der Waals surface area contributed by atoms with Gasteiger partial charge in [0.15, 0.2) is 23.3 Å². The van der Waals surface area contributed by atoms with Gasteiger partial charge in [0.1, 0.15) is 0 Å². The molecule has 1 aromatic rings. The van der Waals surface area contributed by atoms with Crippen LogP contribution in [-0.2, 0) is 0 Å². The van der Waals surface area contributed by atoms with E-state index in [-0.39, 0.29) is 12.6 Å². The van der Waals surface area contributed by atoms with Gasteiger partial charge in [0, 0.05) is 12.6 Å². The van der Waals surface area contributed by atoms with Gasteiger partial charge in [-0.1, -0.05) is 0 Å². The zero-order valence-electron chi connectivity index (χ0n) is 7.78. The van der Waals surface area contributed by atoms with Gasteiger partial charge in [-0.25, -0.2) is 22.4 Å². The van der Waals surface area contributed by atoms with Crippen LogP contribution in [0.5, 0.6) is 0 Å². The molecule has 1 aliphatic rings. The molecule has 0 radical (unpaired) electrons. The van der Waals surface area contributed by atoms with Crippen molar-refractivity contribution < 1.29 is 22.4 Å². The zero-order valence-corrected chi connectivity index (χ0v) is 7.78. The predicted molar refractivity (Wildman–Crippen MR) is 45.5 cm³/mol. The zero-order chi connectivity index (χ0) is 11.9. The molecule has 0 unspecified atom stereocenters. The fraction of sp³-hybridized carbons (Fsp3) is 0.222. The van der Waals surface area contributed by atoms with Gasteiger partial charge >= 0.3 is 6.03 Å². The number of nitrogens with one attached hydrogen (secondary N) is 2. The van der Waals surface area contributed by atoms with Crippen molar-refractivity contribution in [1.82, 2.24) is 10.6 Å². The number of halogens is 4. The van der Waals surface area contributed by atoms with Crippen molar-refractivity contribution in [1.29, 1.82) is 0 Å². The Labute approximate surface area is 87.4 Å². The van der Waals surface area contributed by atoms with Crippen LogP contribution in [0.2, 0.25) is 0 Å². The number of carbonyl (C=O) groups is 1. The second-order valence-corrected chi connectivity index (χ2v) is 3.29. The van der Waals surface area contributed by atoms with Crippen LogP contribution in [0.25, 0.3) is 0 Å². The highest BCUT2D eigenvalue weighted by Gasteiger charge is 2.30. The number of hydrogen-bond acceptors (Lipinski definition) is 1. The quantitative estimate of drug-likeness (QED) is 0.562. The van der Waals surface area contributed by atoms with E-state index in [4.69, 9.17) is 0 Å². The molecular formula is C9H6F4N2O. The van der Waals surface area contributed by atoms with Crippen molar-refractivity contribution in [3.8, 4) is 0 Å². The van der Waals surface area contributed by atoms with Crippen LogP contribution in [-0.4, -0.2) is 12.6 Å². The summed E-state index contributed by atoms with van der Waals surface area (Å²) in [5.74, 6) is -5.97. The third-order valence-electron chi connectivity index (χ3n) is 2.27. The Morgan fingerprint density at radius 2 is 1.69 bits per heavy atom. The minimum atomic E-state index is -1.49. The summed E-state index contributed by atoms with van der Waals surface area (Å²) in [4.78, 5) is 10.8. The van der Waals surface area contributed by atoms with Gasteiger partial charge in [0.25, 0.3) is 0 Å². The fourth-order valence-corrected chi connectivity index (χ4v) is 1.53. The smallest absolute Gasteiger partial charge is 0.315 e. The van der Waals surface area contributed by atoms with Gasteiger partial charge in [-0.05, 0) is 0 Å². The van der Waals surface area contributed by atoms with Crippen LogP contribution < -0.4 is 10.6 Å². The first kappa shape index (κ1) is 10.7. The molecule has 0 aromatic heterocycles. The largest absolute Gasteiger partial charge is 0.336 e. The van der Waals surface area contributed by atoms with E-state index in [1.165, 1.54) is 0 Å². The van der Waals surface area contributed by atoms with E-state index in [0.717, 1.165) is 0 Å². The van der Waals surface area contributed by atoms with Crippen molar-refractivity contribution in [2.75, 3.05) is 6.54 Å². The molecule has 2 amide bonds. The number of hydrogen-bond donors (Lipinski definition) is 2. The Kier molecular flexibility index (Phi) is 2.45. The van der Waals surface area contributed by atoms with E-state index in [1.807, 2.05) is 0 Å². The molecule has 0 bridgehead atoms. The lowest BCUT2D eigenvalue weighted by Gasteiger charge is -2.12. The summed E-state index contributed by atoms with van der Waals surface area (Å²) in [7, 11) is 0. The number of amides is 2.